The number of aromatic nitrogens is 1. The largest absolute Gasteiger partial charge is 0.508 e. The summed E-state index contributed by atoms with van der Waals surface area (Å²) in [5, 5.41) is 20.2. The van der Waals surface area contributed by atoms with Crippen LogP contribution in [0.15, 0.2) is 53.5 Å². The number of H-pyrrole nitrogens is 1. The number of benzene rings is 2. The van der Waals surface area contributed by atoms with Crippen molar-refractivity contribution in [2.75, 3.05) is 0 Å². The number of nitrogens with one attached hydrogen (secondary N) is 1. The third kappa shape index (κ3) is 2.36. The van der Waals surface area contributed by atoms with Gasteiger partial charge < -0.3 is 15.2 Å². The maximum atomic E-state index is 9.89. The highest BCUT2D eigenvalue weighted by Crippen LogP contribution is 2.28. The standard InChI is InChI=1S/C16H14N2O2/c19-12-6-7-15-13(8-12)14(16(20)18-15)10-17-9-11-4-2-1-3-5-11/h1-8,10,18-20H,9H2. The summed E-state index contributed by atoms with van der Waals surface area (Å²) in [4.78, 5) is 7.19. The molecule has 4 nitrogen and oxygen atoms in total. The number of hydrogen-bond acceptors (Lipinski definition) is 3. The zero-order chi connectivity index (χ0) is 13.9. The smallest absolute Gasteiger partial charge is 0.198 e. The molecule has 0 atom stereocenters. The van der Waals surface area contributed by atoms with Gasteiger partial charge in [0.15, 0.2) is 5.88 Å². The second-order valence-electron chi connectivity index (χ2n) is 4.57. The number of hydrogen-bond donors (Lipinski definition) is 3. The van der Waals surface area contributed by atoms with E-state index in [1.54, 1.807) is 24.4 Å². The molecule has 2 aromatic carbocycles. The van der Waals surface area contributed by atoms with Gasteiger partial charge in [-0.2, -0.15) is 0 Å². The van der Waals surface area contributed by atoms with E-state index in [4.69, 9.17) is 0 Å². The summed E-state index contributed by atoms with van der Waals surface area (Å²) in [5.41, 5.74) is 2.46. The summed E-state index contributed by atoms with van der Waals surface area (Å²) in [5.74, 6) is 0.219. The highest BCUT2D eigenvalue weighted by molar-refractivity contribution is 6.02. The van der Waals surface area contributed by atoms with Crippen LogP contribution in [0.1, 0.15) is 11.1 Å². The van der Waals surface area contributed by atoms with Crippen LogP contribution < -0.4 is 0 Å². The number of aromatic hydroxyl groups is 2. The van der Waals surface area contributed by atoms with Crippen molar-refractivity contribution in [3.63, 3.8) is 0 Å². The quantitative estimate of drug-likeness (QED) is 0.637. The van der Waals surface area contributed by atoms with Gasteiger partial charge in [-0.05, 0) is 23.8 Å². The number of phenols is 1. The molecular weight excluding hydrogens is 252 g/mol. The lowest BCUT2D eigenvalue weighted by atomic mass is 10.1. The van der Waals surface area contributed by atoms with Crippen LogP contribution >= 0.6 is 0 Å². The molecule has 3 rings (SSSR count). The normalized spacial score (nSPS) is 11.4. The van der Waals surface area contributed by atoms with Crippen LogP contribution in [0.5, 0.6) is 11.6 Å². The molecule has 1 heterocycles. The molecule has 0 bridgehead atoms. The Morgan fingerprint density at radius 1 is 1.05 bits per heavy atom. The van der Waals surface area contributed by atoms with Crippen LogP contribution in [0.2, 0.25) is 0 Å². The number of fused-ring (bicyclic) bond motifs is 1. The molecule has 0 aliphatic heterocycles. The van der Waals surface area contributed by atoms with E-state index in [1.165, 1.54) is 0 Å². The molecule has 3 N–H and O–H groups in total. The predicted molar refractivity (Wildman–Crippen MR) is 79.4 cm³/mol. The molecule has 0 aliphatic carbocycles. The Balaban J connectivity index is 1.90. The van der Waals surface area contributed by atoms with Gasteiger partial charge in [0.1, 0.15) is 5.75 Å². The minimum atomic E-state index is 0.0578. The van der Waals surface area contributed by atoms with E-state index in [0.717, 1.165) is 16.5 Å². The zero-order valence-electron chi connectivity index (χ0n) is 10.7. The van der Waals surface area contributed by atoms with Crippen molar-refractivity contribution in [2.45, 2.75) is 6.54 Å². The van der Waals surface area contributed by atoms with Crippen molar-refractivity contribution >= 4 is 17.1 Å². The highest BCUT2D eigenvalue weighted by atomic mass is 16.3. The maximum absolute atomic E-state index is 9.89. The summed E-state index contributed by atoms with van der Waals surface area (Å²) in [7, 11) is 0. The van der Waals surface area contributed by atoms with E-state index >= 15 is 0 Å². The van der Waals surface area contributed by atoms with Gasteiger partial charge in [-0.1, -0.05) is 30.3 Å². The van der Waals surface area contributed by atoms with Gasteiger partial charge in [0.25, 0.3) is 0 Å². The fraction of sp³-hybridized carbons (Fsp3) is 0.0625. The molecule has 3 aromatic rings. The van der Waals surface area contributed by atoms with Gasteiger partial charge in [-0.3, -0.25) is 4.99 Å². The Kier molecular flexibility index (Phi) is 3.13. The number of nitrogens with zero attached hydrogens (tertiary/aromatic N) is 1. The Labute approximate surface area is 116 Å². The third-order valence-electron chi connectivity index (χ3n) is 3.14. The third-order valence-corrected chi connectivity index (χ3v) is 3.14. The Morgan fingerprint density at radius 2 is 1.85 bits per heavy atom. The molecule has 0 unspecified atom stereocenters. The van der Waals surface area contributed by atoms with Gasteiger partial charge in [0.2, 0.25) is 0 Å². The summed E-state index contributed by atoms with van der Waals surface area (Å²) >= 11 is 0. The number of rotatable bonds is 3. The van der Waals surface area contributed by atoms with Crippen molar-refractivity contribution in [2.24, 2.45) is 4.99 Å². The average Bonchev–Trinajstić information content (AvgIpc) is 2.76. The van der Waals surface area contributed by atoms with Crippen molar-refractivity contribution in [1.82, 2.24) is 4.98 Å². The van der Waals surface area contributed by atoms with E-state index in [1.807, 2.05) is 30.3 Å². The first-order valence-electron chi connectivity index (χ1n) is 6.31. The van der Waals surface area contributed by atoms with Crippen LogP contribution in [0, 0.1) is 0 Å². The maximum Gasteiger partial charge on any atom is 0.198 e. The van der Waals surface area contributed by atoms with Crippen LogP contribution in [-0.4, -0.2) is 21.4 Å². The van der Waals surface area contributed by atoms with E-state index in [-0.39, 0.29) is 11.6 Å². The minimum absolute atomic E-state index is 0.0578. The monoisotopic (exact) mass is 266 g/mol. The number of aliphatic imine (C=N–C) groups is 1. The Hall–Kier alpha value is -2.75. The first kappa shape index (κ1) is 12.3. The van der Waals surface area contributed by atoms with Crippen molar-refractivity contribution in [1.29, 1.82) is 0 Å². The average molecular weight is 266 g/mol. The van der Waals surface area contributed by atoms with Gasteiger partial charge >= 0.3 is 0 Å². The fourth-order valence-corrected chi connectivity index (χ4v) is 2.14. The van der Waals surface area contributed by atoms with E-state index in [9.17, 15) is 10.2 Å². The summed E-state index contributed by atoms with van der Waals surface area (Å²) in [6.45, 7) is 0.547. The second-order valence-corrected chi connectivity index (χ2v) is 4.57. The van der Waals surface area contributed by atoms with Gasteiger partial charge in [-0.15, -0.1) is 0 Å². The molecular formula is C16H14N2O2. The zero-order valence-corrected chi connectivity index (χ0v) is 10.7. The van der Waals surface area contributed by atoms with Crippen molar-refractivity contribution < 1.29 is 10.2 Å². The molecule has 20 heavy (non-hydrogen) atoms. The molecule has 0 spiro atoms. The molecule has 4 heteroatoms. The Bertz CT molecular complexity index is 761. The first-order valence-corrected chi connectivity index (χ1v) is 6.31. The SMILES string of the molecule is Oc1ccc2[nH]c(O)c(C=NCc3ccccc3)c2c1. The molecule has 0 saturated heterocycles. The fourth-order valence-electron chi connectivity index (χ4n) is 2.14. The van der Waals surface area contributed by atoms with Gasteiger partial charge in [0, 0.05) is 17.1 Å². The second kappa shape index (κ2) is 5.09. The van der Waals surface area contributed by atoms with Crippen LogP contribution in [0.25, 0.3) is 10.9 Å². The van der Waals surface area contributed by atoms with Crippen molar-refractivity contribution in [3.05, 3.63) is 59.7 Å². The highest BCUT2D eigenvalue weighted by Gasteiger charge is 2.09. The van der Waals surface area contributed by atoms with Gasteiger partial charge in [0.05, 0.1) is 12.1 Å². The van der Waals surface area contributed by atoms with Crippen LogP contribution in [0.4, 0.5) is 0 Å². The Morgan fingerprint density at radius 3 is 2.65 bits per heavy atom. The number of phenolic OH excluding ortho intramolecular Hbond substituents is 1. The summed E-state index contributed by atoms with van der Waals surface area (Å²) < 4.78 is 0. The van der Waals surface area contributed by atoms with E-state index in [2.05, 4.69) is 9.98 Å². The predicted octanol–water partition coefficient (Wildman–Crippen LogP) is 3.20. The molecule has 0 radical (unpaired) electrons. The lowest BCUT2D eigenvalue weighted by molar-refractivity contribution is 0.457. The number of aromatic amines is 1. The van der Waals surface area contributed by atoms with Crippen LogP contribution in [0.3, 0.4) is 0 Å². The molecule has 0 fully saturated rings. The molecule has 1 aromatic heterocycles. The van der Waals surface area contributed by atoms with Crippen molar-refractivity contribution in [3.8, 4) is 11.6 Å². The van der Waals surface area contributed by atoms with E-state index < -0.39 is 0 Å². The summed E-state index contributed by atoms with van der Waals surface area (Å²) in [6, 6.07) is 14.8. The summed E-state index contributed by atoms with van der Waals surface area (Å²) in [6.07, 6.45) is 1.63. The van der Waals surface area contributed by atoms with Gasteiger partial charge in [-0.25, -0.2) is 0 Å². The lowest BCUT2D eigenvalue weighted by Gasteiger charge is -1.96. The first-order chi connectivity index (χ1) is 9.74. The topological polar surface area (TPSA) is 68.6 Å². The molecule has 0 aliphatic rings. The minimum Gasteiger partial charge on any atom is -0.508 e. The van der Waals surface area contributed by atoms with E-state index in [0.29, 0.717) is 12.1 Å². The van der Waals surface area contributed by atoms with Crippen LogP contribution in [-0.2, 0) is 6.54 Å². The molecule has 0 amide bonds. The lowest BCUT2D eigenvalue weighted by Crippen LogP contribution is -1.83. The molecule has 0 saturated carbocycles. The molecule has 100 valence electrons.